The molecule has 150 valence electrons. The van der Waals surface area contributed by atoms with Gasteiger partial charge in [0, 0.05) is 11.6 Å². The highest BCUT2D eigenvalue weighted by Gasteiger charge is 2.17. The molecule has 0 atom stereocenters. The van der Waals surface area contributed by atoms with Crippen LogP contribution >= 0.6 is 0 Å². The van der Waals surface area contributed by atoms with Crippen LogP contribution in [0.5, 0.6) is 11.5 Å². The van der Waals surface area contributed by atoms with Crippen LogP contribution in [0.1, 0.15) is 5.56 Å². The van der Waals surface area contributed by atoms with Gasteiger partial charge in [0.15, 0.2) is 11.5 Å². The van der Waals surface area contributed by atoms with Crippen molar-refractivity contribution < 1.29 is 19.2 Å². The van der Waals surface area contributed by atoms with Crippen LogP contribution in [-0.4, -0.2) is 45.3 Å². The molecule has 11 heteroatoms. The van der Waals surface area contributed by atoms with E-state index in [1.54, 1.807) is 31.2 Å². The molecule has 0 aliphatic carbocycles. The first kappa shape index (κ1) is 19.7. The zero-order chi connectivity index (χ0) is 21.0. The van der Waals surface area contributed by atoms with Gasteiger partial charge < -0.3 is 14.8 Å². The summed E-state index contributed by atoms with van der Waals surface area (Å²) in [5.74, 6) is 0.835. The van der Waals surface area contributed by atoms with Gasteiger partial charge in [0.1, 0.15) is 12.2 Å². The summed E-state index contributed by atoms with van der Waals surface area (Å²) >= 11 is 0. The standard InChI is InChI=1S/C18H18N6O5/c1-11-4-6-13(14(8-11)24(26)27)19-17(25)10-23-21-18(20-22-23)12-5-7-15(28-2)16(9-12)29-3/h4-9H,10H2,1-3H3,(H,19,25). The van der Waals surface area contributed by atoms with Gasteiger partial charge in [-0.2, -0.15) is 4.80 Å². The molecule has 0 aliphatic heterocycles. The average molecular weight is 398 g/mol. The predicted molar refractivity (Wildman–Crippen MR) is 103 cm³/mol. The Bertz CT molecular complexity index is 1060. The SMILES string of the molecule is COc1ccc(-c2nnn(CC(=O)Nc3ccc(C)cc3[N+](=O)[O-])n2)cc1OC. The topological polar surface area (TPSA) is 134 Å². The summed E-state index contributed by atoms with van der Waals surface area (Å²) in [6.45, 7) is 1.47. The number of nitrogens with one attached hydrogen (secondary N) is 1. The number of nitrogens with zero attached hydrogens (tertiary/aromatic N) is 5. The van der Waals surface area contributed by atoms with E-state index in [-0.39, 0.29) is 17.9 Å². The van der Waals surface area contributed by atoms with Crippen LogP contribution < -0.4 is 14.8 Å². The van der Waals surface area contributed by atoms with Crippen LogP contribution in [0.4, 0.5) is 11.4 Å². The van der Waals surface area contributed by atoms with Crippen molar-refractivity contribution in [2.45, 2.75) is 13.5 Å². The van der Waals surface area contributed by atoms with Gasteiger partial charge in [-0.3, -0.25) is 14.9 Å². The fourth-order valence-electron chi connectivity index (χ4n) is 2.62. The minimum absolute atomic E-state index is 0.103. The molecule has 0 spiro atoms. The summed E-state index contributed by atoms with van der Waals surface area (Å²) in [4.78, 5) is 24.0. The van der Waals surface area contributed by atoms with Crippen LogP contribution in [0.15, 0.2) is 36.4 Å². The number of tetrazole rings is 1. The Morgan fingerprint density at radius 1 is 1.17 bits per heavy atom. The van der Waals surface area contributed by atoms with Crippen LogP contribution in [0.2, 0.25) is 0 Å². The van der Waals surface area contributed by atoms with Crippen molar-refractivity contribution in [2.75, 3.05) is 19.5 Å². The number of rotatable bonds is 7. The number of nitro benzene ring substituents is 1. The number of carbonyl (C=O) groups is 1. The molecule has 0 aliphatic rings. The van der Waals surface area contributed by atoms with E-state index in [1.165, 1.54) is 26.4 Å². The van der Waals surface area contributed by atoms with Crippen molar-refractivity contribution in [3.63, 3.8) is 0 Å². The van der Waals surface area contributed by atoms with E-state index in [0.717, 1.165) is 4.80 Å². The average Bonchev–Trinajstić information content (AvgIpc) is 3.16. The molecule has 11 nitrogen and oxygen atoms in total. The molecule has 0 saturated carbocycles. The minimum atomic E-state index is -0.550. The molecule has 3 rings (SSSR count). The molecule has 3 aromatic rings. The molecule has 29 heavy (non-hydrogen) atoms. The largest absolute Gasteiger partial charge is 0.493 e. The fourth-order valence-corrected chi connectivity index (χ4v) is 2.62. The number of methoxy groups -OCH3 is 2. The molecule has 1 N–H and O–H groups in total. The van der Waals surface area contributed by atoms with E-state index in [2.05, 4.69) is 20.7 Å². The quantitative estimate of drug-likeness (QED) is 0.473. The maximum atomic E-state index is 12.3. The van der Waals surface area contributed by atoms with E-state index in [0.29, 0.717) is 28.5 Å². The third-order valence-corrected chi connectivity index (χ3v) is 4.00. The lowest BCUT2D eigenvalue weighted by Crippen LogP contribution is -2.21. The Hall–Kier alpha value is -4.02. The van der Waals surface area contributed by atoms with E-state index in [4.69, 9.17) is 9.47 Å². The zero-order valence-corrected chi connectivity index (χ0v) is 15.9. The maximum absolute atomic E-state index is 12.3. The minimum Gasteiger partial charge on any atom is -0.493 e. The van der Waals surface area contributed by atoms with Crippen molar-refractivity contribution in [2.24, 2.45) is 0 Å². The number of anilines is 1. The van der Waals surface area contributed by atoms with Crippen molar-refractivity contribution in [1.29, 1.82) is 0 Å². The van der Waals surface area contributed by atoms with E-state index in [1.807, 2.05) is 0 Å². The zero-order valence-electron chi connectivity index (χ0n) is 15.9. The first-order valence-electron chi connectivity index (χ1n) is 8.46. The van der Waals surface area contributed by atoms with E-state index < -0.39 is 10.8 Å². The smallest absolute Gasteiger partial charge is 0.293 e. The molecule has 1 aromatic heterocycles. The molecular formula is C18H18N6O5. The number of ether oxygens (including phenoxy) is 2. The second-order valence-corrected chi connectivity index (χ2v) is 6.04. The third kappa shape index (κ3) is 4.46. The summed E-state index contributed by atoms with van der Waals surface area (Å²) in [6, 6.07) is 9.67. The van der Waals surface area contributed by atoms with Crippen molar-refractivity contribution in [3.8, 4) is 22.9 Å². The van der Waals surface area contributed by atoms with Gasteiger partial charge in [-0.05, 0) is 42.0 Å². The lowest BCUT2D eigenvalue weighted by atomic mass is 10.2. The number of benzene rings is 2. The first-order chi connectivity index (χ1) is 13.9. The van der Waals surface area contributed by atoms with E-state index >= 15 is 0 Å². The first-order valence-corrected chi connectivity index (χ1v) is 8.46. The summed E-state index contributed by atoms with van der Waals surface area (Å²) < 4.78 is 10.4. The second kappa shape index (κ2) is 8.33. The lowest BCUT2D eigenvalue weighted by Gasteiger charge is -2.07. The maximum Gasteiger partial charge on any atom is 0.293 e. The number of nitro groups is 1. The number of carbonyl (C=O) groups excluding carboxylic acids is 1. The van der Waals surface area contributed by atoms with Crippen LogP contribution in [-0.2, 0) is 11.3 Å². The predicted octanol–water partition coefficient (Wildman–Crippen LogP) is 2.21. The summed E-state index contributed by atoms with van der Waals surface area (Å²) in [6.07, 6.45) is 0. The monoisotopic (exact) mass is 398 g/mol. The summed E-state index contributed by atoms with van der Waals surface area (Å²) in [7, 11) is 3.05. The van der Waals surface area contributed by atoms with Crippen LogP contribution in [0.3, 0.4) is 0 Å². The highest BCUT2D eigenvalue weighted by molar-refractivity contribution is 5.92. The van der Waals surface area contributed by atoms with Gasteiger partial charge in [-0.25, -0.2) is 0 Å². The van der Waals surface area contributed by atoms with Crippen LogP contribution in [0.25, 0.3) is 11.4 Å². The Kier molecular flexibility index (Phi) is 5.67. The van der Waals surface area contributed by atoms with Gasteiger partial charge in [-0.15, -0.1) is 10.2 Å². The third-order valence-electron chi connectivity index (χ3n) is 4.00. The van der Waals surface area contributed by atoms with Crippen LogP contribution in [0, 0.1) is 17.0 Å². The number of hydrogen-bond donors (Lipinski definition) is 1. The van der Waals surface area contributed by atoms with Crippen molar-refractivity contribution in [1.82, 2.24) is 20.2 Å². The Labute approximate surface area is 165 Å². The normalized spacial score (nSPS) is 10.4. The van der Waals surface area contributed by atoms with Gasteiger partial charge in [-0.1, -0.05) is 6.07 Å². The molecule has 0 saturated heterocycles. The number of aromatic nitrogens is 4. The second-order valence-electron chi connectivity index (χ2n) is 6.04. The molecule has 0 radical (unpaired) electrons. The summed E-state index contributed by atoms with van der Waals surface area (Å²) in [5.41, 5.74) is 1.26. The van der Waals surface area contributed by atoms with E-state index in [9.17, 15) is 14.9 Å². The fraction of sp³-hybridized carbons (Fsp3) is 0.222. The number of aryl methyl sites for hydroxylation is 1. The molecule has 0 fully saturated rings. The Morgan fingerprint density at radius 3 is 2.62 bits per heavy atom. The van der Waals surface area contributed by atoms with Crippen molar-refractivity contribution >= 4 is 17.3 Å². The molecule has 0 unspecified atom stereocenters. The van der Waals surface area contributed by atoms with Crippen molar-refractivity contribution in [3.05, 3.63) is 52.1 Å². The lowest BCUT2D eigenvalue weighted by molar-refractivity contribution is -0.384. The Morgan fingerprint density at radius 2 is 1.93 bits per heavy atom. The highest BCUT2D eigenvalue weighted by Crippen LogP contribution is 2.30. The molecule has 1 heterocycles. The van der Waals surface area contributed by atoms with Gasteiger partial charge in [0.25, 0.3) is 5.69 Å². The molecule has 2 aromatic carbocycles. The molecular weight excluding hydrogens is 380 g/mol. The highest BCUT2D eigenvalue weighted by atomic mass is 16.6. The van der Waals surface area contributed by atoms with Gasteiger partial charge >= 0.3 is 0 Å². The van der Waals surface area contributed by atoms with Gasteiger partial charge in [0.2, 0.25) is 11.7 Å². The van der Waals surface area contributed by atoms with Gasteiger partial charge in [0.05, 0.1) is 19.1 Å². The molecule has 1 amide bonds. The Balaban J connectivity index is 1.74. The number of hydrogen-bond acceptors (Lipinski definition) is 8. The molecule has 0 bridgehead atoms. The summed E-state index contributed by atoms with van der Waals surface area (Å²) in [5, 5.41) is 25.6. The number of amides is 1.